The van der Waals surface area contributed by atoms with Crippen molar-refractivity contribution in [2.75, 3.05) is 13.1 Å². The lowest BCUT2D eigenvalue weighted by molar-refractivity contribution is -0.384. The first kappa shape index (κ1) is 22.7. The highest BCUT2D eigenvalue weighted by Gasteiger charge is 2.22. The van der Waals surface area contributed by atoms with Crippen LogP contribution in [0.5, 0.6) is 5.75 Å². The van der Waals surface area contributed by atoms with E-state index < -0.39 is 22.7 Å². The summed E-state index contributed by atoms with van der Waals surface area (Å²) in [4.78, 5) is 36.1. The number of nitrogens with one attached hydrogen (secondary N) is 1. The number of hydrogen-bond donors (Lipinski definition) is 1. The van der Waals surface area contributed by atoms with E-state index in [4.69, 9.17) is 9.47 Å². The van der Waals surface area contributed by atoms with Gasteiger partial charge in [-0.1, -0.05) is 30.3 Å². The SMILES string of the molecule is CC(C)(C)OC(=O)N(CCNC(=O)Oc1ccc([N+](=O)[O-])cc1)Cc1ccccc1. The second-order valence-electron chi connectivity index (χ2n) is 7.45. The third-order valence-corrected chi connectivity index (χ3v) is 3.78. The van der Waals surface area contributed by atoms with Crippen molar-refractivity contribution in [3.05, 3.63) is 70.3 Å². The van der Waals surface area contributed by atoms with Gasteiger partial charge < -0.3 is 19.7 Å². The maximum absolute atomic E-state index is 12.5. The molecule has 0 aliphatic heterocycles. The number of non-ortho nitro benzene ring substituents is 1. The molecule has 0 aliphatic carbocycles. The predicted octanol–water partition coefficient (Wildman–Crippen LogP) is 4.12. The average Bonchev–Trinajstić information content (AvgIpc) is 2.67. The first-order valence-corrected chi connectivity index (χ1v) is 9.36. The van der Waals surface area contributed by atoms with Crippen molar-refractivity contribution < 1.29 is 24.0 Å². The van der Waals surface area contributed by atoms with Crippen LogP contribution in [0.3, 0.4) is 0 Å². The summed E-state index contributed by atoms with van der Waals surface area (Å²) < 4.78 is 10.5. The number of carbonyl (C=O) groups excluding carboxylic acids is 2. The summed E-state index contributed by atoms with van der Waals surface area (Å²) in [6.07, 6.45) is -1.22. The zero-order chi connectivity index (χ0) is 22.1. The van der Waals surface area contributed by atoms with E-state index in [9.17, 15) is 19.7 Å². The summed E-state index contributed by atoms with van der Waals surface area (Å²) in [5.41, 5.74) is 0.183. The van der Waals surface area contributed by atoms with Crippen LogP contribution >= 0.6 is 0 Å². The standard InChI is InChI=1S/C21H25N3O6/c1-21(2,3)30-20(26)23(15-16-7-5-4-6-8-16)14-13-22-19(25)29-18-11-9-17(10-12-18)24(27)28/h4-12H,13-15H2,1-3H3,(H,22,25). The van der Waals surface area contributed by atoms with Crippen molar-refractivity contribution in [1.29, 1.82) is 0 Å². The van der Waals surface area contributed by atoms with Crippen LogP contribution in [0.25, 0.3) is 0 Å². The third-order valence-electron chi connectivity index (χ3n) is 3.78. The Balaban J connectivity index is 1.91. The number of benzene rings is 2. The van der Waals surface area contributed by atoms with Crippen molar-refractivity contribution in [2.45, 2.75) is 32.9 Å². The summed E-state index contributed by atoms with van der Waals surface area (Å²) in [7, 11) is 0. The van der Waals surface area contributed by atoms with Gasteiger partial charge in [-0.05, 0) is 38.5 Å². The Bertz CT molecular complexity index is 863. The Morgan fingerprint density at radius 1 is 1.07 bits per heavy atom. The van der Waals surface area contributed by atoms with E-state index in [1.807, 2.05) is 30.3 Å². The minimum Gasteiger partial charge on any atom is -0.444 e. The van der Waals surface area contributed by atoms with Crippen molar-refractivity contribution in [1.82, 2.24) is 10.2 Å². The molecule has 0 bridgehead atoms. The van der Waals surface area contributed by atoms with E-state index in [-0.39, 0.29) is 24.5 Å². The van der Waals surface area contributed by atoms with Gasteiger partial charge in [0.1, 0.15) is 11.4 Å². The number of ether oxygens (including phenoxy) is 2. The highest BCUT2D eigenvalue weighted by Crippen LogP contribution is 2.17. The summed E-state index contributed by atoms with van der Waals surface area (Å²) in [6.45, 7) is 6.02. The van der Waals surface area contributed by atoms with Gasteiger partial charge in [-0.2, -0.15) is 0 Å². The fourth-order valence-electron chi connectivity index (χ4n) is 2.44. The molecule has 9 nitrogen and oxygen atoms in total. The number of nitro groups is 1. The average molecular weight is 415 g/mol. The van der Waals surface area contributed by atoms with Crippen LogP contribution in [0.15, 0.2) is 54.6 Å². The summed E-state index contributed by atoms with van der Waals surface area (Å²) in [5.74, 6) is 0.173. The molecule has 0 fully saturated rings. The first-order valence-electron chi connectivity index (χ1n) is 9.36. The second kappa shape index (κ2) is 10.2. The molecule has 0 unspecified atom stereocenters. The van der Waals surface area contributed by atoms with E-state index >= 15 is 0 Å². The molecule has 160 valence electrons. The van der Waals surface area contributed by atoms with E-state index in [0.29, 0.717) is 6.54 Å². The van der Waals surface area contributed by atoms with Crippen LogP contribution in [0.4, 0.5) is 15.3 Å². The van der Waals surface area contributed by atoms with Gasteiger partial charge in [0.2, 0.25) is 0 Å². The molecule has 2 amide bonds. The van der Waals surface area contributed by atoms with E-state index in [1.165, 1.54) is 29.2 Å². The quantitative estimate of drug-likeness (QED) is 0.538. The van der Waals surface area contributed by atoms with Crippen LogP contribution in [-0.4, -0.2) is 40.7 Å². The van der Waals surface area contributed by atoms with Crippen LogP contribution in [-0.2, 0) is 11.3 Å². The van der Waals surface area contributed by atoms with E-state index in [1.54, 1.807) is 20.8 Å². The van der Waals surface area contributed by atoms with Crippen molar-refractivity contribution >= 4 is 17.9 Å². The molecule has 2 aromatic carbocycles. The molecule has 0 aromatic heterocycles. The van der Waals surface area contributed by atoms with Crippen molar-refractivity contribution in [3.63, 3.8) is 0 Å². The predicted molar refractivity (Wildman–Crippen MR) is 110 cm³/mol. The molecule has 0 saturated heterocycles. The van der Waals surface area contributed by atoms with Crippen LogP contribution < -0.4 is 10.1 Å². The minimum atomic E-state index is -0.729. The molecule has 2 aromatic rings. The Labute approximate surface area is 174 Å². The highest BCUT2D eigenvalue weighted by molar-refractivity contribution is 5.71. The molecular formula is C21H25N3O6. The smallest absolute Gasteiger partial charge is 0.412 e. The van der Waals surface area contributed by atoms with Crippen molar-refractivity contribution in [3.8, 4) is 5.75 Å². The molecule has 0 atom stereocenters. The minimum absolute atomic E-state index is 0.100. The molecule has 9 heteroatoms. The number of hydrogen-bond acceptors (Lipinski definition) is 6. The topological polar surface area (TPSA) is 111 Å². The van der Waals surface area contributed by atoms with Gasteiger partial charge >= 0.3 is 12.2 Å². The van der Waals surface area contributed by atoms with Gasteiger partial charge in [0, 0.05) is 31.8 Å². The lowest BCUT2D eigenvalue weighted by Gasteiger charge is -2.27. The normalized spacial score (nSPS) is 10.8. The third kappa shape index (κ3) is 7.78. The Kier molecular flexibility index (Phi) is 7.74. The van der Waals surface area contributed by atoms with Gasteiger partial charge in [-0.25, -0.2) is 9.59 Å². The van der Waals surface area contributed by atoms with Crippen molar-refractivity contribution in [2.24, 2.45) is 0 Å². The maximum atomic E-state index is 12.5. The van der Waals surface area contributed by atoms with Gasteiger partial charge in [0.05, 0.1) is 4.92 Å². The molecule has 0 saturated carbocycles. The lowest BCUT2D eigenvalue weighted by Crippen LogP contribution is -2.41. The number of carbonyl (C=O) groups is 2. The molecule has 0 aliphatic rings. The Hall–Kier alpha value is -3.62. The monoisotopic (exact) mass is 415 g/mol. The lowest BCUT2D eigenvalue weighted by atomic mass is 10.2. The molecule has 30 heavy (non-hydrogen) atoms. The molecular weight excluding hydrogens is 390 g/mol. The van der Waals surface area contributed by atoms with Gasteiger partial charge in [-0.3, -0.25) is 10.1 Å². The summed E-state index contributed by atoms with van der Waals surface area (Å²) in [6, 6.07) is 14.6. The maximum Gasteiger partial charge on any atom is 0.412 e. The zero-order valence-corrected chi connectivity index (χ0v) is 17.2. The van der Waals surface area contributed by atoms with E-state index in [2.05, 4.69) is 5.32 Å². The fourth-order valence-corrected chi connectivity index (χ4v) is 2.44. The van der Waals surface area contributed by atoms with Gasteiger partial charge in [0.15, 0.2) is 0 Å². The molecule has 1 N–H and O–H groups in total. The van der Waals surface area contributed by atoms with E-state index in [0.717, 1.165) is 5.56 Å². The van der Waals surface area contributed by atoms with Crippen LogP contribution in [0.1, 0.15) is 26.3 Å². The number of amides is 2. The number of nitro benzene ring substituents is 1. The number of rotatable bonds is 7. The molecule has 2 rings (SSSR count). The Morgan fingerprint density at radius 2 is 1.70 bits per heavy atom. The first-order chi connectivity index (χ1) is 14.1. The summed E-state index contributed by atoms with van der Waals surface area (Å²) >= 11 is 0. The molecule has 0 spiro atoms. The number of nitrogens with zero attached hydrogens (tertiary/aromatic N) is 2. The summed E-state index contributed by atoms with van der Waals surface area (Å²) in [5, 5.41) is 13.2. The molecule has 0 radical (unpaired) electrons. The van der Waals surface area contributed by atoms with Crippen LogP contribution in [0, 0.1) is 10.1 Å². The Morgan fingerprint density at radius 3 is 2.27 bits per heavy atom. The zero-order valence-electron chi connectivity index (χ0n) is 17.2. The van der Waals surface area contributed by atoms with Crippen LogP contribution in [0.2, 0.25) is 0 Å². The second-order valence-corrected chi connectivity index (χ2v) is 7.45. The molecule has 0 heterocycles. The van der Waals surface area contributed by atoms with Gasteiger partial charge in [-0.15, -0.1) is 0 Å². The largest absolute Gasteiger partial charge is 0.444 e. The van der Waals surface area contributed by atoms with Gasteiger partial charge in [0.25, 0.3) is 5.69 Å². The fraction of sp³-hybridized carbons (Fsp3) is 0.333. The highest BCUT2D eigenvalue weighted by atomic mass is 16.6.